The summed E-state index contributed by atoms with van der Waals surface area (Å²) in [5, 5.41) is 8.20. The third-order valence-corrected chi connectivity index (χ3v) is 7.50. The lowest BCUT2D eigenvalue weighted by Crippen LogP contribution is -2.41. The molecule has 2 heterocycles. The van der Waals surface area contributed by atoms with Crippen molar-refractivity contribution in [1.29, 1.82) is 0 Å². The maximum atomic E-state index is 12.7. The van der Waals surface area contributed by atoms with Crippen molar-refractivity contribution in [2.45, 2.75) is 36.7 Å². The molecule has 0 radical (unpaired) electrons. The number of nitrogen functional groups attached to an aromatic ring is 1. The summed E-state index contributed by atoms with van der Waals surface area (Å²) in [4.78, 5) is 14.2. The van der Waals surface area contributed by atoms with Crippen molar-refractivity contribution in [3.63, 3.8) is 0 Å². The number of sulfone groups is 1. The number of aromatic nitrogens is 3. The standard InChI is InChI=1S/C17H23N5O3S2/c1-11-4-6-13(7-5-11)15-19-20-17(22(15)18)26-12(2)16(23)21(3)14-8-9-27(24,25)10-14/h4-7,12,14H,8-10,18H2,1-3H3/t12-,14+/m0/s1. The van der Waals surface area contributed by atoms with Crippen LogP contribution in [0.4, 0.5) is 0 Å². The SMILES string of the molecule is Cc1ccc(-c2nnc(S[C@@H](C)C(=O)N(C)[C@@H]3CCS(=O)(=O)C3)n2N)cc1. The van der Waals surface area contributed by atoms with Gasteiger partial charge < -0.3 is 10.7 Å². The van der Waals surface area contributed by atoms with Gasteiger partial charge in [0.15, 0.2) is 15.7 Å². The predicted molar refractivity (Wildman–Crippen MR) is 105 cm³/mol. The van der Waals surface area contributed by atoms with E-state index in [-0.39, 0.29) is 23.5 Å². The molecule has 27 heavy (non-hydrogen) atoms. The molecule has 0 spiro atoms. The average Bonchev–Trinajstić information content (AvgIpc) is 3.17. The average molecular weight is 410 g/mol. The third-order valence-electron chi connectivity index (χ3n) is 4.71. The molecule has 2 aromatic rings. The number of rotatable bonds is 5. The summed E-state index contributed by atoms with van der Waals surface area (Å²) in [6.45, 7) is 3.75. The molecule has 1 aromatic heterocycles. The third kappa shape index (κ3) is 4.27. The van der Waals surface area contributed by atoms with Gasteiger partial charge in [-0.1, -0.05) is 41.6 Å². The number of carbonyl (C=O) groups is 1. The minimum Gasteiger partial charge on any atom is -0.341 e. The summed E-state index contributed by atoms with van der Waals surface area (Å²) in [5.41, 5.74) is 1.97. The van der Waals surface area contributed by atoms with E-state index >= 15 is 0 Å². The Morgan fingerprint density at radius 2 is 2.00 bits per heavy atom. The Hall–Kier alpha value is -2.07. The maximum absolute atomic E-state index is 12.7. The van der Waals surface area contributed by atoms with Gasteiger partial charge in [-0.05, 0) is 20.3 Å². The van der Waals surface area contributed by atoms with Gasteiger partial charge in [0, 0.05) is 18.7 Å². The summed E-state index contributed by atoms with van der Waals surface area (Å²) < 4.78 is 24.7. The molecule has 0 aliphatic carbocycles. The lowest BCUT2D eigenvalue weighted by molar-refractivity contribution is -0.130. The molecule has 0 bridgehead atoms. The fraction of sp³-hybridized carbons (Fsp3) is 0.471. The number of nitrogens with two attached hydrogens (primary N) is 1. The predicted octanol–water partition coefficient (Wildman–Crippen LogP) is 1.09. The molecule has 1 amide bonds. The molecule has 8 nitrogen and oxygen atoms in total. The second-order valence-corrected chi connectivity index (χ2v) is 10.3. The molecule has 1 saturated heterocycles. The number of aryl methyl sites for hydroxylation is 1. The fourth-order valence-corrected chi connectivity index (χ4v) is 5.66. The van der Waals surface area contributed by atoms with Crippen molar-refractivity contribution in [1.82, 2.24) is 19.8 Å². The van der Waals surface area contributed by atoms with Crippen LogP contribution in [0.2, 0.25) is 0 Å². The number of amides is 1. The minimum absolute atomic E-state index is 0.0251. The van der Waals surface area contributed by atoms with Crippen LogP contribution in [-0.4, -0.2) is 63.9 Å². The van der Waals surface area contributed by atoms with Crippen LogP contribution in [0.15, 0.2) is 29.4 Å². The van der Waals surface area contributed by atoms with Crippen molar-refractivity contribution in [2.24, 2.45) is 0 Å². The molecule has 0 saturated carbocycles. The molecule has 1 aliphatic heterocycles. The highest BCUT2D eigenvalue weighted by molar-refractivity contribution is 8.00. The second-order valence-electron chi connectivity index (χ2n) is 6.81. The summed E-state index contributed by atoms with van der Waals surface area (Å²) in [6, 6.07) is 7.49. The first kappa shape index (κ1) is 19.7. The lowest BCUT2D eigenvalue weighted by atomic mass is 10.1. The number of nitrogens with zero attached hydrogens (tertiary/aromatic N) is 4. The van der Waals surface area contributed by atoms with Gasteiger partial charge >= 0.3 is 0 Å². The van der Waals surface area contributed by atoms with Crippen molar-refractivity contribution in [2.75, 3.05) is 24.4 Å². The highest BCUT2D eigenvalue weighted by Gasteiger charge is 2.34. The van der Waals surface area contributed by atoms with Gasteiger partial charge in [0.1, 0.15) is 0 Å². The van der Waals surface area contributed by atoms with Gasteiger partial charge in [0.2, 0.25) is 11.1 Å². The van der Waals surface area contributed by atoms with Crippen molar-refractivity contribution >= 4 is 27.5 Å². The Balaban J connectivity index is 1.70. The zero-order valence-electron chi connectivity index (χ0n) is 15.5. The number of benzene rings is 1. The molecular formula is C17H23N5O3S2. The second kappa shape index (κ2) is 7.51. The molecule has 3 rings (SSSR count). The quantitative estimate of drug-likeness (QED) is 0.581. The molecule has 0 unspecified atom stereocenters. The van der Waals surface area contributed by atoms with E-state index in [1.165, 1.54) is 21.3 Å². The zero-order valence-corrected chi connectivity index (χ0v) is 17.1. The molecule has 146 valence electrons. The Bertz CT molecular complexity index is 940. The summed E-state index contributed by atoms with van der Waals surface area (Å²) in [7, 11) is -1.39. The summed E-state index contributed by atoms with van der Waals surface area (Å²) in [5.74, 6) is 6.65. The van der Waals surface area contributed by atoms with Crippen LogP contribution in [0.5, 0.6) is 0 Å². The van der Waals surface area contributed by atoms with Gasteiger partial charge in [-0.25, -0.2) is 13.1 Å². The monoisotopic (exact) mass is 409 g/mol. The van der Waals surface area contributed by atoms with Gasteiger partial charge in [-0.3, -0.25) is 4.79 Å². The van der Waals surface area contributed by atoms with Gasteiger partial charge in [-0.2, -0.15) is 0 Å². The number of thioether (sulfide) groups is 1. The topological polar surface area (TPSA) is 111 Å². The Labute approximate surface area is 163 Å². The van der Waals surface area contributed by atoms with Crippen molar-refractivity contribution < 1.29 is 13.2 Å². The first-order valence-corrected chi connectivity index (χ1v) is 11.3. The van der Waals surface area contributed by atoms with E-state index in [1.807, 2.05) is 31.2 Å². The van der Waals surface area contributed by atoms with Crippen LogP contribution in [0.3, 0.4) is 0 Å². The summed E-state index contributed by atoms with van der Waals surface area (Å²) >= 11 is 1.21. The van der Waals surface area contributed by atoms with Crippen LogP contribution in [0.25, 0.3) is 11.4 Å². The van der Waals surface area contributed by atoms with Crippen molar-refractivity contribution in [3.8, 4) is 11.4 Å². The molecule has 1 aliphatic rings. The molecule has 10 heteroatoms. The van der Waals surface area contributed by atoms with Gasteiger partial charge in [0.05, 0.1) is 16.8 Å². The molecule has 2 N–H and O–H groups in total. The van der Waals surface area contributed by atoms with E-state index in [9.17, 15) is 13.2 Å². The van der Waals surface area contributed by atoms with Crippen LogP contribution >= 0.6 is 11.8 Å². The van der Waals surface area contributed by atoms with Gasteiger partial charge in [-0.15, -0.1) is 10.2 Å². The molecule has 2 atom stereocenters. The largest absolute Gasteiger partial charge is 0.341 e. The maximum Gasteiger partial charge on any atom is 0.235 e. The van der Waals surface area contributed by atoms with Crippen molar-refractivity contribution in [3.05, 3.63) is 29.8 Å². The first-order valence-electron chi connectivity index (χ1n) is 8.59. The normalized spacial score (nSPS) is 19.7. The zero-order chi connectivity index (χ0) is 19.8. The van der Waals surface area contributed by atoms with Crippen LogP contribution in [0.1, 0.15) is 18.9 Å². The van der Waals surface area contributed by atoms with Crippen LogP contribution < -0.4 is 5.84 Å². The fourth-order valence-electron chi connectivity index (χ4n) is 3.01. The van der Waals surface area contributed by atoms with E-state index in [4.69, 9.17) is 5.84 Å². The van der Waals surface area contributed by atoms with Crippen LogP contribution in [-0.2, 0) is 14.6 Å². The van der Waals surface area contributed by atoms with E-state index in [1.54, 1.807) is 14.0 Å². The number of hydrogen-bond donors (Lipinski definition) is 1. The number of hydrogen-bond acceptors (Lipinski definition) is 7. The Morgan fingerprint density at radius 1 is 1.33 bits per heavy atom. The van der Waals surface area contributed by atoms with E-state index < -0.39 is 15.1 Å². The van der Waals surface area contributed by atoms with E-state index in [0.29, 0.717) is 17.4 Å². The Kier molecular flexibility index (Phi) is 5.48. The first-order chi connectivity index (χ1) is 12.7. The lowest BCUT2D eigenvalue weighted by Gasteiger charge is -2.26. The van der Waals surface area contributed by atoms with Crippen LogP contribution in [0, 0.1) is 6.92 Å². The smallest absolute Gasteiger partial charge is 0.235 e. The van der Waals surface area contributed by atoms with E-state index in [2.05, 4.69) is 10.2 Å². The Morgan fingerprint density at radius 3 is 2.59 bits per heavy atom. The summed E-state index contributed by atoms with van der Waals surface area (Å²) in [6.07, 6.45) is 0.479. The molecular weight excluding hydrogens is 386 g/mol. The minimum atomic E-state index is -3.04. The number of carbonyl (C=O) groups excluding carboxylic acids is 1. The van der Waals surface area contributed by atoms with Gasteiger partial charge in [0.25, 0.3) is 0 Å². The van der Waals surface area contributed by atoms with E-state index in [0.717, 1.165) is 11.1 Å². The highest BCUT2D eigenvalue weighted by Crippen LogP contribution is 2.27. The molecule has 1 aromatic carbocycles. The highest BCUT2D eigenvalue weighted by atomic mass is 32.2. The molecule has 1 fully saturated rings.